The van der Waals surface area contributed by atoms with Crippen molar-refractivity contribution in [3.05, 3.63) is 11.9 Å². The van der Waals surface area contributed by atoms with Gasteiger partial charge in [-0.25, -0.2) is 4.99 Å². The summed E-state index contributed by atoms with van der Waals surface area (Å²) in [5.41, 5.74) is 6.26. The molecular formula is C4H5N3S. The highest BCUT2D eigenvalue weighted by Crippen LogP contribution is 1.85. The summed E-state index contributed by atoms with van der Waals surface area (Å²) in [4.78, 5) is 3.77. The second kappa shape index (κ2) is 2.42. The van der Waals surface area contributed by atoms with Crippen LogP contribution < -0.4 is 10.9 Å². The molecule has 0 aromatic heterocycles. The highest BCUT2D eigenvalue weighted by molar-refractivity contribution is 7.79. The van der Waals surface area contributed by atoms with Crippen molar-refractivity contribution >= 4 is 23.9 Å². The Morgan fingerprint density at radius 1 is 1.75 bits per heavy atom. The number of hydrogen-bond acceptors (Lipinski definition) is 4. The van der Waals surface area contributed by atoms with Crippen LogP contribution in [-0.4, -0.2) is 11.7 Å². The van der Waals surface area contributed by atoms with Crippen LogP contribution in [0.4, 0.5) is 0 Å². The van der Waals surface area contributed by atoms with Gasteiger partial charge in [0.1, 0.15) is 6.34 Å². The molecule has 0 aliphatic carbocycles. The van der Waals surface area contributed by atoms with E-state index in [-0.39, 0.29) is 0 Å². The minimum atomic E-state index is 0.808. The zero-order chi connectivity index (χ0) is 5.82. The summed E-state index contributed by atoms with van der Waals surface area (Å²) >= 11 is 4.60. The van der Waals surface area contributed by atoms with E-state index in [1.165, 1.54) is 5.37 Å². The molecule has 0 amide bonds. The second-order valence-electron chi connectivity index (χ2n) is 1.25. The molecule has 1 heterocycles. The van der Waals surface area contributed by atoms with Gasteiger partial charge < -0.3 is 0 Å². The van der Waals surface area contributed by atoms with Gasteiger partial charge in [-0.1, -0.05) is 12.2 Å². The number of aliphatic imine (C=N–C) groups is 1. The maximum absolute atomic E-state index is 4.60. The van der Waals surface area contributed by atoms with Gasteiger partial charge in [-0.2, -0.15) is 0 Å². The molecule has 1 rings (SSSR count). The fourth-order valence-electron chi connectivity index (χ4n) is 0.363. The second-order valence-corrected chi connectivity index (χ2v) is 1.49. The van der Waals surface area contributed by atoms with Crippen molar-refractivity contribution in [1.82, 2.24) is 10.9 Å². The van der Waals surface area contributed by atoms with Gasteiger partial charge in [-0.3, -0.25) is 10.9 Å². The predicted octanol–water partition coefficient (Wildman–Crippen LogP) is -0.0364. The molecule has 8 heavy (non-hydrogen) atoms. The van der Waals surface area contributed by atoms with Crippen LogP contribution in [0, 0.1) is 0 Å². The number of nitrogens with one attached hydrogen (secondary N) is 2. The molecule has 0 bridgehead atoms. The van der Waals surface area contributed by atoms with Crippen molar-refractivity contribution in [3.8, 4) is 0 Å². The van der Waals surface area contributed by atoms with Crippen LogP contribution in [0.25, 0.3) is 0 Å². The first-order chi connectivity index (χ1) is 3.93. The number of thiocarbonyl (C=S) groups is 1. The average molecular weight is 127 g/mol. The fraction of sp³-hybridized carbons (Fsp3) is 0. The predicted molar refractivity (Wildman–Crippen MR) is 36.5 cm³/mol. The van der Waals surface area contributed by atoms with Crippen LogP contribution in [0.5, 0.6) is 0 Å². The Labute approximate surface area is 52.5 Å². The summed E-state index contributed by atoms with van der Waals surface area (Å²) in [6.07, 6.45) is 3.19. The Kier molecular flexibility index (Phi) is 1.58. The highest BCUT2D eigenvalue weighted by atomic mass is 32.1. The van der Waals surface area contributed by atoms with Gasteiger partial charge in [-0.15, -0.1) is 0 Å². The molecule has 0 unspecified atom stereocenters. The topological polar surface area (TPSA) is 36.4 Å². The normalized spacial score (nSPS) is 15.8. The van der Waals surface area contributed by atoms with Crippen molar-refractivity contribution in [2.45, 2.75) is 0 Å². The lowest BCUT2D eigenvalue weighted by Gasteiger charge is -2.06. The maximum atomic E-state index is 4.60. The van der Waals surface area contributed by atoms with Crippen molar-refractivity contribution < 1.29 is 0 Å². The first-order valence-corrected chi connectivity index (χ1v) is 2.59. The van der Waals surface area contributed by atoms with Crippen molar-refractivity contribution in [1.29, 1.82) is 0 Å². The van der Waals surface area contributed by atoms with Crippen LogP contribution in [-0.2, 0) is 0 Å². The largest absolute Gasteiger partial charge is 0.298 e. The minimum Gasteiger partial charge on any atom is -0.298 e. The Balaban J connectivity index is 2.63. The molecule has 0 radical (unpaired) electrons. The van der Waals surface area contributed by atoms with E-state index in [0.717, 1.165) is 5.70 Å². The molecule has 4 heteroatoms. The molecule has 0 aromatic carbocycles. The lowest BCUT2D eigenvalue weighted by atomic mass is 10.5. The first kappa shape index (κ1) is 5.24. The summed E-state index contributed by atoms with van der Waals surface area (Å²) in [6, 6.07) is 0. The van der Waals surface area contributed by atoms with Gasteiger partial charge in [0.05, 0.1) is 11.9 Å². The molecule has 0 saturated heterocycles. The molecule has 1 aliphatic rings. The third kappa shape index (κ3) is 1.04. The van der Waals surface area contributed by atoms with Crippen LogP contribution in [0.15, 0.2) is 16.9 Å². The summed E-state index contributed by atoms with van der Waals surface area (Å²) < 4.78 is 0. The molecule has 0 fully saturated rings. The van der Waals surface area contributed by atoms with E-state index >= 15 is 0 Å². The van der Waals surface area contributed by atoms with E-state index in [9.17, 15) is 0 Å². The van der Waals surface area contributed by atoms with Crippen LogP contribution in [0.1, 0.15) is 0 Å². The van der Waals surface area contributed by atoms with Gasteiger partial charge in [0.25, 0.3) is 0 Å². The highest BCUT2D eigenvalue weighted by Gasteiger charge is 1.89. The monoisotopic (exact) mass is 127 g/mol. The number of nitrogens with zero attached hydrogens (tertiary/aromatic N) is 1. The van der Waals surface area contributed by atoms with Crippen molar-refractivity contribution in [2.75, 3.05) is 0 Å². The zero-order valence-corrected chi connectivity index (χ0v) is 4.90. The number of rotatable bonds is 1. The third-order valence-corrected chi connectivity index (χ3v) is 0.950. The molecule has 3 nitrogen and oxygen atoms in total. The summed E-state index contributed by atoms with van der Waals surface area (Å²) in [5, 5.41) is 1.52. The molecule has 0 atom stereocenters. The van der Waals surface area contributed by atoms with E-state index in [1.807, 2.05) is 0 Å². The van der Waals surface area contributed by atoms with E-state index in [0.29, 0.717) is 0 Å². The Hall–Kier alpha value is -0.900. The first-order valence-electron chi connectivity index (χ1n) is 2.12. The van der Waals surface area contributed by atoms with Crippen molar-refractivity contribution in [3.63, 3.8) is 0 Å². The SMILES string of the molecule is S=CC1=CN=CNN1. The van der Waals surface area contributed by atoms with Gasteiger partial charge in [0, 0.05) is 5.37 Å². The van der Waals surface area contributed by atoms with Gasteiger partial charge >= 0.3 is 0 Å². The summed E-state index contributed by atoms with van der Waals surface area (Å²) in [6.45, 7) is 0. The fourth-order valence-corrected chi connectivity index (χ4v) is 0.482. The summed E-state index contributed by atoms with van der Waals surface area (Å²) in [7, 11) is 0. The summed E-state index contributed by atoms with van der Waals surface area (Å²) in [5.74, 6) is 0. The van der Waals surface area contributed by atoms with E-state index in [1.54, 1.807) is 12.5 Å². The Morgan fingerprint density at radius 2 is 2.62 bits per heavy atom. The standard InChI is InChI=1S/C4H5N3S/c8-2-4-1-5-3-6-7-4/h1-3,7H,(H,5,6). The van der Waals surface area contributed by atoms with E-state index < -0.39 is 0 Å². The van der Waals surface area contributed by atoms with Crippen LogP contribution in [0.2, 0.25) is 0 Å². The zero-order valence-electron chi connectivity index (χ0n) is 4.09. The lowest BCUT2D eigenvalue weighted by Crippen LogP contribution is -2.32. The molecule has 0 saturated carbocycles. The van der Waals surface area contributed by atoms with Crippen LogP contribution >= 0.6 is 12.2 Å². The molecule has 42 valence electrons. The molecule has 2 N–H and O–H groups in total. The minimum absolute atomic E-state index is 0.808. The molecule has 0 aromatic rings. The van der Waals surface area contributed by atoms with Crippen molar-refractivity contribution in [2.24, 2.45) is 4.99 Å². The Bertz CT molecular complexity index is 149. The van der Waals surface area contributed by atoms with Gasteiger partial charge in [0.15, 0.2) is 0 Å². The smallest absolute Gasteiger partial charge is 0.106 e. The van der Waals surface area contributed by atoms with Crippen LogP contribution in [0.3, 0.4) is 0 Å². The van der Waals surface area contributed by atoms with E-state index in [2.05, 4.69) is 28.1 Å². The van der Waals surface area contributed by atoms with E-state index in [4.69, 9.17) is 0 Å². The number of hydrazine groups is 1. The molecular weight excluding hydrogens is 122 g/mol. The Morgan fingerprint density at radius 3 is 3.00 bits per heavy atom. The maximum Gasteiger partial charge on any atom is 0.106 e. The van der Waals surface area contributed by atoms with Gasteiger partial charge in [-0.05, 0) is 0 Å². The molecule has 1 aliphatic heterocycles. The lowest BCUT2D eigenvalue weighted by molar-refractivity contribution is 0.797. The van der Waals surface area contributed by atoms with Gasteiger partial charge in [0.2, 0.25) is 0 Å². The molecule has 0 spiro atoms. The average Bonchev–Trinajstić information content (AvgIpc) is 1.90. The quantitative estimate of drug-likeness (QED) is 0.485. The number of hydrogen-bond donors (Lipinski definition) is 2. The number of allylic oxidation sites excluding steroid dienone is 1. The third-order valence-electron chi connectivity index (χ3n) is 0.696.